The molecule has 0 saturated heterocycles. The fourth-order valence-electron chi connectivity index (χ4n) is 2.23. The third-order valence-corrected chi connectivity index (χ3v) is 3.38. The number of anilines is 1. The van der Waals surface area contributed by atoms with Crippen molar-refractivity contribution in [3.63, 3.8) is 0 Å². The molecular formula is C15H18N2O4. The van der Waals surface area contributed by atoms with Crippen molar-refractivity contribution in [2.45, 2.75) is 33.2 Å². The van der Waals surface area contributed by atoms with Gasteiger partial charge < -0.3 is 15.7 Å². The number of amides is 2. The number of carbonyl (C=O) groups excluding carboxylic acids is 2. The molecule has 0 radical (unpaired) electrons. The van der Waals surface area contributed by atoms with E-state index in [2.05, 4.69) is 10.6 Å². The topological polar surface area (TPSA) is 95.5 Å². The number of hydrogen-bond acceptors (Lipinski definition) is 3. The molecule has 6 heteroatoms. The van der Waals surface area contributed by atoms with Crippen LogP contribution in [-0.2, 0) is 16.0 Å². The maximum absolute atomic E-state index is 12.2. The van der Waals surface area contributed by atoms with Crippen LogP contribution in [0.15, 0.2) is 18.2 Å². The van der Waals surface area contributed by atoms with Gasteiger partial charge in [-0.25, -0.2) is 4.79 Å². The first-order valence-electron chi connectivity index (χ1n) is 6.65. The quantitative estimate of drug-likeness (QED) is 0.784. The number of carboxylic acids is 1. The monoisotopic (exact) mass is 290 g/mol. The Balaban J connectivity index is 2.19. The first kappa shape index (κ1) is 15.0. The standard InChI is InChI=1S/C15H18N2O4/c1-15(2,3)12(14(20)21)17-13(19)8-4-5-10-9(6-8)7-11(18)16-10/h4-6,12H,7H2,1-3H3,(H,16,18)(H,17,19)(H,20,21)/t12-/m1/s1. The lowest BCUT2D eigenvalue weighted by Crippen LogP contribution is -2.49. The molecule has 21 heavy (non-hydrogen) atoms. The number of fused-ring (bicyclic) bond motifs is 1. The lowest BCUT2D eigenvalue weighted by Gasteiger charge is -2.27. The number of hydrogen-bond donors (Lipinski definition) is 3. The second kappa shape index (κ2) is 5.20. The molecule has 0 saturated carbocycles. The highest BCUT2D eigenvalue weighted by atomic mass is 16.4. The minimum atomic E-state index is -1.08. The zero-order valence-corrected chi connectivity index (χ0v) is 12.2. The van der Waals surface area contributed by atoms with Crippen LogP contribution in [0.3, 0.4) is 0 Å². The van der Waals surface area contributed by atoms with Gasteiger partial charge in [-0.2, -0.15) is 0 Å². The number of rotatable bonds is 3. The summed E-state index contributed by atoms with van der Waals surface area (Å²) in [7, 11) is 0. The van der Waals surface area contributed by atoms with E-state index in [-0.39, 0.29) is 12.3 Å². The first-order valence-corrected chi connectivity index (χ1v) is 6.65. The minimum Gasteiger partial charge on any atom is -0.480 e. The predicted octanol–water partition coefficient (Wildman–Crippen LogP) is 1.41. The lowest BCUT2D eigenvalue weighted by atomic mass is 9.86. The molecule has 0 aromatic heterocycles. The van der Waals surface area contributed by atoms with E-state index in [0.29, 0.717) is 11.3 Å². The Morgan fingerprint density at radius 3 is 2.57 bits per heavy atom. The van der Waals surface area contributed by atoms with Crippen molar-refractivity contribution in [1.82, 2.24) is 5.32 Å². The average Bonchev–Trinajstić information content (AvgIpc) is 2.72. The van der Waals surface area contributed by atoms with Crippen molar-refractivity contribution in [2.24, 2.45) is 5.41 Å². The largest absolute Gasteiger partial charge is 0.480 e. The highest BCUT2D eigenvalue weighted by Crippen LogP contribution is 2.24. The van der Waals surface area contributed by atoms with Crippen molar-refractivity contribution in [3.05, 3.63) is 29.3 Å². The summed E-state index contributed by atoms with van der Waals surface area (Å²) in [6.07, 6.45) is 0.234. The molecule has 2 amide bonds. The lowest BCUT2D eigenvalue weighted by molar-refractivity contribution is -0.142. The first-order chi connectivity index (χ1) is 9.68. The summed E-state index contributed by atoms with van der Waals surface area (Å²) in [5, 5.41) is 14.4. The summed E-state index contributed by atoms with van der Waals surface area (Å²) in [5.74, 6) is -1.64. The van der Waals surface area contributed by atoms with Gasteiger partial charge in [0.05, 0.1) is 6.42 Å². The van der Waals surface area contributed by atoms with Crippen molar-refractivity contribution in [1.29, 1.82) is 0 Å². The van der Waals surface area contributed by atoms with Crippen molar-refractivity contribution < 1.29 is 19.5 Å². The van der Waals surface area contributed by atoms with E-state index in [9.17, 15) is 19.5 Å². The van der Waals surface area contributed by atoms with Gasteiger partial charge in [0, 0.05) is 11.3 Å². The zero-order chi connectivity index (χ0) is 15.8. The van der Waals surface area contributed by atoms with Crippen LogP contribution < -0.4 is 10.6 Å². The molecule has 1 aromatic carbocycles. The van der Waals surface area contributed by atoms with Gasteiger partial charge in [-0.3, -0.25) is 9.59 Å². The van der Waals surface area contributed by atoms with E-state index in [1.54, 1.807) is 39.0 Å². The highest BCUT2D eigenvalue weighted by Gasteiger charge is 2.33. The molecule has 3 N–H and O–H groups in total. The fourth-order valence-corrected chi connectivity index (χ4v) is 2.23. The Labute approximate surface area is 122 Å². The van der Waals surface area contributed by atoms with E-state index in [1.807, 2.05) is 0 Å². The maximum atomic E-state index is 12.2. The Hall–Kier alpha value is -2.37. The number of carboxylic acid groups (broad SMARTS) is 1. The van der Waals surface area contributed by atoms with Crippen LogP contribution in [0.5, 0.6) is 0 Å². The summed E-state index contributed by atoms with van der Waals surface area (Å²) in [5.41, 5.74) is 1.19. The number of nitrogens with one attached hydrogen (secondary N) is 2. The van der Waals surface area contributed by atoms with Gasteiger partial charge in [0.1, 0.15) is 6.04 Å². The number of carbonyl (C=O) groups is 3. The Kier molecular flexibility index (Phi) is 3.72. The van der Waals surface area contributed by atoms with E-state index in [1.165, 1.54) is 0 Å². The smallest absolute Gasteiger partial charge is 0.326 e. The summed E-state index contributed by atoms with van der Waals surface area (Å²) in [4.78, 5) is 34.8. The third-order valence-electron chi connectivity index (χ3n) is 3.38. The van der Waals surface area contributed by atoms with E-state index in [4.69, 9.17) is 0 Å². The van der Waals surface area contributed by atoms with Crippen LogP contribution in [-0.4, -0.2) is 28.9 Å². The van der Waals surface area contributed by atoms with Gasteiger partial charge in [-0.05, 0) is 29.2 Å². The zero-order valence-electron chi connectivity index (χ0n) is 12.2. The van der Waals surface area contributed by atoms with E-state index in [0.717, 1.165) is 5.56 Å². The molecule has 1 atom stereocenters. The second-order valence-electron chi connectivity index (χ2n) is 6.21. The van der Waals surface area contributed by atoms with Gasteiger partial charge in [-0.15, -0.1) is 0 Å². The highest BCUT2D eigenvalue weighted by molar-refractivity contribution is 6.02. The van der Waals surface area contributed by atoms with Crippen LogP contribution in [0.2, 0.25) is 0 Å². The average molecular weight is 290 g/mol. The Morgan fingerprint density at radius 2 is 2.00 bits per heavy atom. The van der Waals surface area contributed by atoms with E-state index < -0.39 is 23.3 Å². The van der Waals surface area contributed by atoms with Crippen LogP contribution >= 0.6 is 0 Å². The molecule has 112 valence electrons. The van der Waals surface area contributed by atoms with Gasteiger partial charge in [0.15, 0.2) is 0 Å². The van der Waals surface area contributed by atoms with Crippen molar-refractivity contribution in [2.75, 3.05) is 5.32 Å². The minimum absolute atomic E-state index is 0.110. The molecule has 0 bridgehead atoms. The van der Waals surface area contributed by atoms with Gasteiger partial charge in [0.25, 0.3) is 5.91 Å². The molecule has 0 spiro atoms. The molecule has 1 aliphatic rings. The molecule has 1 aliphatic heterocycles. The van der Waals surface area contributed by atoms with E-state index >= 15 is 0 Å². The summed E-state index contributed by atoms with van der Waals surface area (Å²) in [6, 6.07) is 3.85. The molecule has 0 fully saturated rings. The van der Waals surface area contributed by atoms with Crippen LogP contribution in [0.4, 0.5) is 5.69 Å². The van der Waals surface area contributed by atoms with Gasteiger partial charge in [-0.1, -0.05) is 20.8 Å². The second-order valence-corrected chi connectivity index (χ2v) is 6.21. The van der Waals surface area contributed by atoms with Gasteiger partial charge in [0.2, 0.25) is 5.91 Å². The number of aliphatic carboxylic acids is 1. The predicted molar refractivity (Wildman–Crippen MR) is 77.1 cm³/mol. The molecule has 0 aliphatic carbocycles. The van der Waals surface area contributed by atoms with Gasteiger partial charge >= 0.3 is 5.97 Å². The molecule has 1 heterocycles. The van der Waals surface area contributed by atoms with Crippen LogP contribution in [0.25, 0.3) is 0 Å². The molecule has 1 aromatic rings. The third kappa shape index (κ3) is 3.21. The Morgan fingerprint density at radius 1 is 1.33 bits per heavy atom. The Bertz CT molecular complexity index is 617. The molecule has 2 rings (SSSR count). The van der Waals surface area contributed by atoms with Crippen molar-refractivity contribution >= 4 is 23.5 Å². The summed E-state index contributed by atoms with van der Waals surface area (Å²) >= 11 is 0. The number of benzene rings is 1. The SMILES string of the molecule is CC(C)(C)[C@H](NC(=O)c1ccc2c(c1)CC(=O)N2)C(=O)O. The van der Waals surface area contributed by atoms with Crippen LogP contribution in [0, 0.1) is 5.41 Å². The molecule has 0 unspecified atom stereocenters. The summed E-state index contributed by atoms with van der Waals surface area (Å²) < 4.78 is 0. The normalized spacial score (nSPS) is 15.1. The maximum Gasteiger partial charge on any atom is 0.326 e. The van der Waals surface area contributed by atoms with Crippen molar-refractivity contribution in [3.8, 4) is 0 Å². The van der Waals surface area contributed by atoms with Crippen LogP contribution in [0.1, 0.15) is 36.7 Å². The summed E-state index contributed by atoms with van der Waals surface area (Å²) in [6.45, 7) is 5.24. The fraction of sp³-hybridized carbons (Fsp3) is 0.400. The molecule has 6 nitrogen and oxygen atoms in total. The molecular weight excluding hydrogens is 272 g/mol.